The van der Waals surface area contributed by atoms with Gasteiger partial charge in [-0.3, -0.25) is 4.79 Å². The van der Waals surface area contributed by atoms with Gasteiger partial charge in [0.05, 0.1) is 5.60 Å². The van der Waals surface area contributed by atoms with E-state index >= 15 is 0 Å². The Hall–Kier alpha value is -0.140. The number of esters is 1. The van der Waals surface area contributed by atoms with Crippen molar-refractivity contribution in [2.75, 3.05) is 49.9 Å². The summed E-state index contributed by atoms with van der Waals surface area (Å²) in [5, 5.41) is 2.52. The summed E-state index contributed by atoms with van der Waals surface area (Å²) in [5.41, 5.74) is 0.0503. The molecule has 0 aromatic carbocycles. The van der Waals surface area contributed by atoms with E-state index in [4.69, 9.17) is 51.1 Å². The predicted molar refractivity (Wildman–Crippen MR) is 173 cm³/mol. The molecule has 0 saturated carbocycles. The second-order valence-electron chi connectivity index (χ2n) is 10.2. The van der Waals surface area contributed by atoms with Crippen LogP contribution in [0.25, 0.3) is 0 Å². The number of hydrogen-bond acceptors (Lipinski definition) is 5. The van der Waals surface area contributed by atoms with Crippen LogP contribution in [0.4, 0.5) is 4.79 Å². The Labute approximate surface area is 261 Å². The molecule has 0 fully saturated rings. The fraction of sp³-hybridized carbons (Fsp3) is 0.931. The van der Waals surface area contributed by atoms with Crippen LogP contribution in [0.3, 0.4) is 0 Å². The minimum Gasteiger partial charge on any atom is -0.462 e. The number of hydrogen-bond donors (Lipinski definition) is 1. The summed E-state index contributed by atoms with van der Waals surface area (Å²) in [7, 11) is 0. The van der Waals surface area contributed by atoms with Gasteiger partial charge in [-0.05, 0) is 57.8 Å². The van der Waals surface area contributed by atoms with Crippen molar-refractivity contribution in [2.24, 2.45) is 23.7 Å². The maximum absolute atomic E-state index is 10.8. The van der Waals surface area contributed by atoms with Gasteiger partial charge in [0, 0.05) is 43.6 Å². The van der Waals surface area contributed by atoms with Crippen LogP contribution in [0.5, 0.6) is 0 Å². The van der Waals surface area contributed by atoms with E-state index in [0.29, 0.717) is 53.7 Å². The van der Waals surface area contributed by atoms with Crippen molar-refractivity contribution < 1.29 is 23.8 Å². The van der Waals surface area contributed by atoms with Crippen LogP contribution in [0.15, 0.2) is 0 Å². The molecule has 0 aliphatic heterocycles. The Morgan fingerprint density at radius 3 is 1.26 bits per heavy atom. The van der Waals surface area contributed by atoms with Crippen LogP contribution in [-0.4, -0.2) is 67.5 Å². The van der Waals surface area contributed by atoms with Crippen LogP contribution >= 0.6 is 46.4 Å². The largest absolute Gasteiger partial charge is 0.462 e. The van der Waals surface area contributed by atoms with E-state index in [1.54, 1.807) is 0 Å². The highest BCUT2D eigenvalue weighted by molar-refractivity contribution is 6.19. The van der Waals surface area contributed by atoms with E-state index in [1.165, 1.54) is 13.3 Å². The summed E-state index contributed by atoms with van der Waals surface area (Å²) in [4.78, 5) is 21.1. The molecule has 0 rings (SSSR count). The standard InChI is InChI=1S/C8H15NO4.2C6H12Cl2.C6H14O.C3H8/c1-3-4-9-8(11)13-6-5-12-7(2)10;2*1-5(3-7)6(2)4-8;1-5-7-6(2,3)4;1-3-2/h3-6H2,1-2H3,(H,9,11);2*5-6H,3-4H2,1-2H3;5H2,1-4H3;3H2,1-2H3. The van der Waals surface area contributed by atoms with Crippen molar-refractivity contribution >= 4 is 58.5 Å². The molecule has 0 aromatic heterocycles. The van der Waals surface area contributed by atoms with Crippen LogP contribution in [0.2, 0.25) is 0 Å². The number of amides is 1. The molecule has 0 aliphatic carbocycles. The molecule has 0 radical (unpaired) electrons. The van der Waals surface area contributed by atoms with Gasteiger partial charge in [0.15, 0.2) is 0 Å². The number of carbonyl (C=O) groups excluding carboxylic acids is 2. The van der Waals surface area contributed by atoms with Gasteiger partial charge in [0.25, 0.3) is 0 Å². The highest BCUT2D eigenvalue weighted by Gasteiger charge is 2.09. The Balaban J connectivity index is -0.000000131. The lowest BCUT2D eigenvalue weighted by molar-refractivity contribution is -0.141. The molecule has 39 heavy (non-hydrogen) atoms. The molecule has 0 saturated heterocycles. The molecule has 0 bridgehead atoms. The summed E-state index contributed by atoms with van der Waals surface area (Å²) in [5.74, 6) is 4.69. The number of alkyl carbamates (subject to hydrolysis) is 1. The van der Waals surface area contributed by atoms with Crippen LogP contribution in [-0.2, 0) is 19.0 Å². The van der Waals surface area contributed by atoms with Gasteiger partial charge >= 0.3 is 12.1 Å². The molecule has 240 valence electrons. The van der Waals surface area contributed by atoms with Gasteiger partial charge in [-0.25, -0.2) is 4.79 Å². The van der Waals surface area contributed by atoms with E-state index in [-0.39, 0.29) is 24.8 Å². The zero-order valence-corrected chi connectivity index (χ0v) is 30.0. The van der Waals surface area contributed by atoms with Gasteiger partial charge in [-0.2, -0.15) is 0 Å². The summed E-state index contributed by atoms with van der Waals surface area (Å²) >= 11 is 22.3. The van der Waals surface area contributed by atoms with Crippen LogP contribution in [0, 0.1) is 23.7 Å². The lowest BCUT2D eigenvalue weighted by atomic mass is 10.0. The minimum atomic E-state index is -0.478. The number of nitrogens with one attached hydrogen (secondary N) is 1. The van der Waals surface area contributed by atoms with E-state index in [1.807, 2.05) is 13.8 Å². The Morgan fingerprint density at radius 1 is 0.718 bits per heavy atom. The lowest BCUT2D eigenvalue weighted by Crippen LogP contribution is -2.26. The molecular formula is C29H61Cl4NO5. The van der Waals surface area contributed by atoms with Gasteiger partial charge in [-0.1, -0.05) is 54.9 Å². The molecule has 0 aliphatic rings. The zero-order chi connectivity index (χ0) is 31.9. The normalized spacial score (nSPS) is 13.0. The highest BCUT2D eigenvalue weighted by atomic mass is 35.5. The van der Waals surface area contributed by atoms with Crippen molar-refractivity contribution in [2.45, 2.75) is 102 Å². The number of halogens is 4. The average molecular weight is 646 g/mol. The van der Waals surface area contributed by atoms with Crippen molar-refractivity contribution in [1.82, 2.24) is 5.32 Å². The molecule has 4 atom stereocenters. The summed E-state index contributed by atoms with van der Waals surface area (Å²) in [6.07, 6.45) is 1.63. The van der Waals surface area contributed by atoms with Crippen molar-refractivity contribution in [3.63, 3.8) is 0 Å². The molecule has 1 N–H and O–H groups in total. The second-order valence-corrected chi connectivity index (χ2v) is 11.4. The molecule has 0 aromatic rings. The average Bonchev–Trinajstić information content (AvgIpc) is 2.88. The van der Waals surface area contributed by atoms with Crippen LogP contribution < -0.4 is 5.32 Å². The van der Waals surface area contributed by atoms with Crippen molar-refractivity contribution in [3.05, 3.63) is 0 Å². The quantitative estimate of drug-likeness (QED) is 0.130. The third-order valence-corrected chi connectivity index (χ3v) is 6.58. The molecule has 4 unspecified atom stereocenters. The lowest BCUT2D eigenvalue weighted by Gasteiger charge is -2.17. The number of alkyl halides is 4. The van der Waals surface area contributed by atoms with E-state index in [9.17, 15) is 9.59 Å². The monoisotopic (exact) mass is 643 g/mol. The molecule has 1 amide bonds. The van der Waals surface area contributed by atoms with Gasteiger partial charge in [0.1, 0.15) is 13.2 Å². The Kier molecular flexibility index (Phi) is 44.7. The molecule has 10 heteroatoms. The van der Waals surface area contributed by atoms with E-state index in [0.717, 1.165) is 13.0 Å². The van der Waals surface area contributed by atoms with Gasteiger partial charge in [-0.15, -0.1) is 46.4 Å². The second kappa shape index (κ2) is 35.9. The number of ether oxygens (including phenoxy) is 3. The number of carbonyl (C=O) groups is 2. The molecule has 0 spiro atoms. The maximum Gasteiger partial charge on any atom is 0.407 e. The zero-order valence-electron chi connectivity index (χ0n) is 26.9. The fourth-order valence-corrected chi connectivity index (χ4v) is 2.86. The third-order valence-electron chi connectivity index (χ3n) is 4.63. The summed E-state index contributed by atoms with van der Waals surface area (Å²) < 4.78 is 14.4. The summed E-state index contributed by atoms with van der Waals surface area (Å²) in [6.45, 7) is 25.7. The Bertz CT molecular complexity index is 477. The topological polar surface area (TPSA) is 73.9 Å². The van der Waals surface area contributed by atoms with Crippen molar-refractivity contribution in [3.8, 4) is 0 Å². The van der Waals surface area contributed by atoms with E-state index in [2.05, 4.69) is 77.1 Å². The smallest absolute Gasteiger partial charge is 0.407 e. The third kappa shape index (κ3) is 51.1. The van der Waals surface area contributed by atoms with Gasteiger partial charge < -0.3 is 19.5 Å². The molecular weight excluding hydrogens is 584 g/mol. The van der Waals surface area contributed by atoms with Crippen molar-refractivity contribution in [1.29, 1.82) is 0 Å². The van der Waals surface area contributed by atoms with Crippen LogP contribution in [0.1, 0.15) is 95.9 Å². The number of rotatable bonds is 12. The van der Waals surface area contributed by atoms with Gasteiger partial charge in [0.2, 0.25) is 0 Å². The van der Waals surface area contributed by atoms with E-state index < -0.39 is 6.09 Å². The SMILES string of the molecule is CC(CCl)C(C)CCl.CC(CCl)C(C)CCl.CCC.CCCNC(=O)OCCOC(C)=O.CCOC(C)(C)C. The molecule has 0 heterocycles. The molecule has 6 nitrogen and oxygen atoms in total. The Morgan fingerprint density at radius 2 is 1.05 bits per heavy atom. The first-order valence-electron chi connectivity index (χ1n) is 14.0. The summed E-state index contributed by atoms with van der Waals surface area (Å²) in [6, 6.07) is 0. The first kappa shape index (κ1) is 48.6. The fourth-order valence-electron chi connectivity index (χ4n) is 1.64. The first-order valence-corrected chi connectivity index (χ1v) is 16.1. The first-order chi connectivity index (χ1) is 18.1. The maximum atomic E-state index is 10.8. The highest BCUT2D eigenvalue weighted by Crippen LogP contribution is 2.13. The predicted octanol–water partition coefficient (Wildman–Crippen LogP) is 9.40. The minimum absolute atomic E-state index is 0.0503.